The van der Waals surface area contributed by atoms with Crippen molar-refractivity contribution in [3.05, 3.63) is 71.0 Å². The van der Waals surface area contributed by atoms with Gasteiger partial charge in [-0.15, -0.1) is 0 Å². The van der Waals surface area contributed by atoms with E-state index >= 15 is 0 Å². The molecule has 0 spiro atoms. The SMILES string of the molecule is Cc1cccc(CN2CCC(C(=O)NCc3cccc(F)c3)CC2)c1. The fraction of sp³-hybridized carbons (Fsp3) is 0.381. The van der Waals surface area contributed by atoms with Gasteiger partial charge in [-0.1, -0.05) is 42.0 Å². The van der Waals surface area contributed by atoms with Crippen LogP contribution in [0.5, 0.6) is 0 Å². The second-order valence-corrected chi connectivity index (χ2v) is 6.89. The van der Waals surface area contributed by atoms with Crippen molar-refractivity contribution >= 4 is 5.91 Å². The molecular weight excluding hydrogens is 315 g/mol. The van der Waals surface area contributed by atoms with Gasteiger partial charge in [-0.3, -0.25) is 9.69 Å². The number of hydrogen-bond donors (Lipinski definition) is 1. The lowest BCUT2D eigenvalue weighted by Gasteiger charge is -2.31. The van der Waals surface area contributed by atoms with Gasteiger partial charge in [-0.2, -0.15) is 0 Å². The maximum Gasteiger partial charge on any atom is 0.223 e. The zero-order valence-corrected chi connectivity index (χ0v) is 14.7. The second kappa shape index (κ2) is 8.26. The number of rotatable bonds is 5. The van der Waals surface area contributed by atoms with Gasteiger partial charge in [0, 0.05) is 19.0 Å². The maximum atomic E-state index is 13.2. The Bertz CT molecular complexity index is 723. The van der Waals surface area contributed by atoms with Crippen molar-refractivity contribution < 1.29 is 9.18 Å². The zero-order valence-electron chi connectivity index (χ0n) is 14.7. The van der Waals surface area contributed by atoms with E-state index in [4.69, 9.17) is 0 Å². The average Bonchev–Trinajstić information content (AvgIpc) is 2.60. The average molecular weight is 340 g/mol. The third kappa shape index (κ3) is 5.13. The minimum atomic E-state index is -0.267. The molecule has 132 valence electrons. The molecule has 25 heavy (non-hydrogen) atoms. The first kappa shape index (κ1) is 17.6. The Balaban J connectivity index is 1.44. The molecule has 4 heteroatoms. The number of likely N-dealkylation sites (tertiary alicyclic amines) is 1. The predicted molar refractivity (Wildman–Crippen MR) is 97.4 cm³/mol. The maximum absolute atomic E-state index is 13.2. The first-order chi connectivity index (χ1) is 12.1. The van der Waals surface area contributed by atoms with Crippen molar-refractivity contribution in [3.8, 4) is 0 Å². The molecule has 0 radical (unpaired) electrons. The molecule has 0 aliphatic carbocycles. The third-order valence-electron chi connectivity index (χ3n) is 4.80. The number of nitrogens with one attached hydrogen (secondary N) is 1. The van der Waals surface area contributed by atoms with E-state index in [0.29, 0.717) is 6.54 Å². The molecule has 1 aliphatic heterocycles. The van der Waals surface area contributed by atoms with E-state index < -0.39 is 0 Å². The van der Waals surface area contributed by atoms with Crippen molar-refractivity contribution in [1.82, 2.24) is 10.2 Å². The Morgan fingerprint density at radius 3 is 2.56 bits per heavy atom. The minimum absolute atomic E-state index is 0.0577. The standard InChI is InChI=1S/C21H25FN2O/c1-16-4-2-6-18(12-16)15-24-10-8-19(9-11-24)21(25)23-14-17-5-3-7-20(22)13-17/h2-7,12-13,19H,8-11,14-15H2,1H3,(H,23,25). The number of hydrogen-bond acceptors (Lipinski definition) is 2. The van der Waals surface area contributed by atoms with Gasteiger partial charge >= 0.3 is 0 Å². The van der Waals surface area contributed by atoms with Crippen LogP contribution in [0.2, 0.25) is 0 Å². The van der Waals surface area contributed by atoms with Crippen molar-refractivity contribution in [3.63, 3.8) is 0 Å². The number of carbonyl (C=O) groups is 1. The first-order valence-electron chi connectivity index (χ1n) is 8.90. The van der Waals surface area contributed by atoms with Gasteiger partial charge in [0.1, 0.15) is 5.82 Å². The number of amides is 1. The summed E-state index contributed by atoms with van der Waals surface area (Å²) in [6.07, 6.45) is 1.75. The van der Waals surface area contributed by atoms with Crippen LogP contribution in [0.1, 0.15) is 29.5 Å². The van der Waals surface area contributed by atoms with Crippen LogP contribution in [-0.4, -0.2) is 23.9 Å². The summed E-state index contributed by atoms with van der Waals surface area (Å²) in [6, 6.07) is 15.0. The summed E-state index contributed by atoms with van der Waals surface area (Å²) in [6.45, 7) is 5.32. The van der Waals surface area contributed by atoms with E-state index in [2.05, 4.69) is 41.4 Å². The molecule has 1 amide bonds. The summed E-state index contributed by atoms with van der Waals surface area (Å²) >= 11 is 0. The smallest absolute Gasteiger partial charge is 0.223 e. The summed E-state index contributed by atoms with van der Waals surface area (Å²) < 4.78 is 13.2. The molecular formula is C21H25FN2O. The summed E-state index contributed by atoms with van der Waals surface area (Å²) in [5.41, 5.74) is 3.41. The van der Waals surface area contributed by atoms with Crippen LogP contribution in [-0.2, 0) is 17.9 Å². The fourth-order valence-corrected chi connectivity index (χ4v) is 3.40. The van der Waals surface area contributed by atoms with Gasteiger partial charge in [0.15, 0.2) is 0 Å². The number of benzene rings is 2. The molecule has 1 heterocycles. The van der Waals surface area contributed by atoms with Crippen molar-refractivity contribution in [2.24, 2.45) is 5.92 Å². The number of halogens is 1. The van der Waals surface area contributed by atoms with Crippen LogP contribution in [0, 0.1) is 18.7 Å². The molecule has 2 aromatic carbocycles. The van der Waals surface area contributed by atoms with Crippen LogP contribution in [0.15, 0.2) is 48.5 Å². The van der Waals surface area contributed by atoms with Crippen LogP contribution >= 0.6 is 0 Å². The first-order valence-corrected chi connectivity index (χ1v) is 8.90. The summed E-state index contributed by atoms with van der Waals surface area (Å²) in [5.74, 6) is -0.127. The highest BCUT2D eigenvalue weighted by Gasteiger charge is 2.24. The Hall–Kier alpha value is -2.20. The molecule has 3 rings (SSSR count). The Morgan fingerprint density at radius 1 is 1.12 bits per heavy atom. The molecule has 0 aromatic heterocycles. The number of aryl methyl sites for hydroxylation is 1. The lowest BCUT2D eigenvalue weighted by Crippen LogP contribution is -2.40. The quantitative estimate of drug-likeness (QED) is 0.901. The van der Waals surface area contributed by atoms with Crippen LogP contribution in [0.25, 0.3) is 0 Å². The second-order valence-electron chi connectivity index (χ2n) is 6.89. The number of nitrogens with zero attached hydrogens (tertiary/aromatic N) is 1. The molecule has 2 aromatic rings. The molecule has 1 saturated heterocycles. The van der Waals surface area contributed by atoms with E-state index in [1.54, 1.807) is 6.07 Å². The van der Waals surface area contributed by atoms with E-state index in [0.717, 1.165) is 38.0 Å². The monoisotopic (exact) mass is 340 g/mol. The molecule has 1 aliphatic rings. The van der Waals surface area contributed by atoms with Gasteiger partial charge in [0.25, 0.3) is 0 Å². The molecule has 1 fully saturated rings. The molecule has 1 N–H and O–H groups in total. The number of piperidine rings is 1. The highest BCUT2D eigenvalue weighted by molar-refractivity contribution is 5.78. The van der Waals surface area contributed by atoms with Gasteiger partial charge in [0.2, 0.25) is 5.91 Å². The summed E-state index contributed by atoms with van der Waals surface area (Å²) in [7, 11) is 0. The zero-order chi connectivity index (χ0) is 17.6. The molecule has 0 atom stereocenters. The van der Waals surface area contributed by atoms with Gasteiger partial charge in [0.05, 0.1) is 0 Å². The normalized spacial score (nSPS) is 15.9. The molecule has 3 nitrogen and oxygen atoms in total. The third-order valence-corrected chi connectivity index (χ3v) is 4.80. The molecule has 0 unspecified atom stereocenters. The highest BCUT2D eigenvalue weighted by Crippen LogP contribution is 2.20. The lowest BCUT2D eigenvalue weighted by atomic mass is 9.95. The Kier molecular flexibility index (Phi) is 5.82. The minimum Gasteiger partial charge on any atom is -0.352 e. The van der Waals surface area contributed by atoms with E-state index in [1.165, 1.54) is 23.3 Å². The lowest BCUT2D eigenvalue weighted by molar-refractivity contribution is -0.126. The van der Waals surface area contributed by atoms with Crippen LogP contribution < -0.4 is 5.32 Å². The highest BCUT2D eigenvalue weighted by atomic mass is 19.1. The molecule has 0 bridgehead atoms. The largest absolute Gasteiger partial charge is 0.352 e. The van der Waals surface area contributed by atoms with E-state index in [9.17, 15) is 9.18 Å². The Labute approximate surface area is 148 Å². The predicted octanol–water partition coefficient (Wildman–Crippen LogP) is 3.66. The van der Waals surface area contributed by atoms with Crippen LogP contribution in [0.4, 0.5) is 4.39 Å². The van der Waals surface area contributed by atoms with Gasteiger partial charge in [-0.25, -0.2) is 4.39 Å². The topological polar surface area (TPSA) is 32.3 Å². The fourth-order valence-electron chi connectivity index (χ4n) is 3.40. The summed E-state index contributed by atoms with van der Waals surface area (Å²) in [5, 5.41) is 2.94. The van der Waals surface area contributed by atoms with E-state index in [-0.39, 0.29) is 17.6 Å². The van der Waals surface area contributed by atoms with Crippen LogP contribution in [0.3, 0.4) is 0 Å². The van der Waals surface area contributed by atoms with Crippen molar-refractivity contribution in [1.29, 1.82) is 0 Å². The summed E-state index contributed by atoms with van der Waals surface area (Å²) in [4.78, 5) is 14.8. The van der Waals surface area contributed by atoms with E-state index in [1.807, 2.05) is 6.07 Å². The van der Waals surface area contributed by atoms with Gasteiger partial charge < -0.3 is 5.32 Å². The van der Waals surface area contributed by atoms with Crippen molar-refractivity contribution in [2.45, 2.75) is 32.9 Å². The Morgan fingerprint density at radius 2 is 1.84 bits per heavy atom. The molecule has 0 saturated carbocycles. The van der Waals surface area contributed by atoms with Gasteiger partial charge in [-0.05, 0) is 56.1 Å². The number of carbonyl (C=O) groups excluding carboxylic acids is 1. The van der Waals surface area contributed by atoms with Crippen molar-refractivity contribution in [2.75, 3.05) is 13.1 Å².